The number of alkyl carbamates (subject to hydrolysis) is 1. The van der Waals surface area contributed by atoms with Gasteiger partial charge in [-0.1, -0.05) is 42.2 Å². The average molecular weight is 346 g/mol. The largest absolute Gasteiger partial charge is 0.445 e. The van der Waals surface area contributed by atoms with Crippen LogP contribution in [0, 0.1) is 33.6 Å². The molecule has 2 aromatic carbocycles. The SMILES string of the molecule is O=C(NCC#Cc1cc(F)c([N+](=O)[O-])c(F)c1)OCc1ccccc1. The van der Waals surface area contributed by atoms with Crippen molar-refractivity contribution in [2.45, 2.75) is 6.61 Å². The van der Waals surface area contributed by atoms with Crippen LogP contribution < -0.4 is 5.32 Å². The van der Waals surface area contributed by atoms with Gasteiger partial charge in [0.1, 0.15) is 6.61 Å². The minimum atomic E-state index is -1.32. The molecule has 128 valence electrons. The molecule has 0 aliphatic rings. The van der Waals surface area contributed by atoms with E-state index in [1.54, 1.807) is 12.1 Å². The Hall–Kier alpha value is -3.47. The molecule has 8 heteroatoms. The molecule has 0 unspecified atom stereocenters. The lowest BCUT2D eigenvalue weighted by Crippen LogP contribution is -2.24. The van der Waals surface area contributed by atoms with Gasteiger partial charge in [0.2, 0.25) is 11.6 Å². The molecule has 2 rings (SSSR count). The van der Waals surface area contributed by atoms with Gasteiger partial charge < -0.3 is 10.1 Å². The van der Waals surface area contributed by atoms with Gasteiger partial charge in [0.15, 0.2) is 0 Å². The zero-order chi connectivity index (χ0) is 18.2. The monoisotopic (exact) mass is 346 g/mol. The number of amides is 1. The Morgan fingerprint density at radius 1 is 1.20 bits per heavy atom. The first-order chi connectivity index (χ1) is 12.0. The second-order valence-electron chi connectivity index (χ2n) is 4.76. The molecular weight excluding hydrogens is 334 g/mol. The number of carbonyl (C=O) groups is 1. The summed E-state index contributed by atoms with van der Waals surface area (Å²) in [6.45, 7) is -0.0211. The number of benzene rings is 2. The highest BCUT2D eigenvalue weighted by molar-refractivity contribution is 5.67. The fraction of sp³-hybridized carbons (Fsp3) is 0.118. The van der Waals surface area contributed by atoms with Crippen LogP contribution in [0.2, 0.25) is 0 Å². The van der Waals surface area contributed by atoms with Gasteiger partial charge >= 0.3 is 11.8 Å². The fourth-order valence-corrected chi connectivity index (χ4v) is 1.85. The number of nitro groups is 1. The summed E-state index contributed by atoms with van der Waals surface area (Å²) in [7, 11) is 0. The second-order valence-corrected chi connectivity index (χ2v) is 4.76. The third-order valence-electron chi connectivity index (χ3n) is 2.97. The number of ether oxygens (including phenoxy) is 1. The maximum Gasteiger partial charge on any atom is 0.408 e. The van der Waals surface area contributed by atoms with E-state index in [1.807, 2.05) is 18.2 Å². The standard InChI is InChI=1S/C17H12F2N2O4/c18-14-9-13(10-15(19)16(14)21(23)24)7-4-8-20-17(22)25-11-12-5-2-1-3-6-12/h1-3,5-6,9-10H,8,11H2,(H,20,22). The number of rotatable bonds is 4. The molecule has 0 heterocycles. The van der Waals surface area contributed by atoms with E-state index in [4.69, 9.17) is 4.74 Å². The predicted molar refractivity (Wildman–Crippen MR) is 84.5 cm³/mol. The molecule has 2 aromatic rings. The highest BCUT2D eigenvalue weighted by Crippen LogP contribution is 2.22. The topological polar surface area (TPSA) is 81.5 Å². The number of nitrogens with zero attached hydrogens (tertiary/aromatic N) is 1. The Morgan fingerprint density at radius 2 is 1.84 bits per heavy atom. The van der Waals surface area contributed by atoms with Crippen LogP contribution in [0.4, 0.5) is 19.3 Å². The summed E-state index contributed by atoms with van der Waals surface area (Å²) in [4.78, 5) is 20.8. The van der Waals surface area contributed by atoms with Crippen molar-refractivity contribution in [3.05, 3.63) is 75.3 Å². The quantitative estimate of drug-likeness (QED) is 0.524. The summed E-state index contributed by atoms with van der Waals surface area (Å²) >= 11 is 0. The molecule has 1 amide bonds. The number of carbonyl (C=O) groups excluding carboxylic acids is 1. The highest BCUT2D eigenvalue weighted by Gasteiger charge is 2.21. The van der Waals surface area contributed by atoms with Gasteiger partial charge in [-0.25, -0.2) is 4.79 Å². The smallest absolute Gasteiger partial charge is 0.408 e. The summed E-state index contributed by atoms with van der Waals surface area (Å²) < 4.78 is 31.8. The van der Waals surface area contributed by atoms with Crippen molar-refractivity contribution in [1.29, 1.82) is 0 Å². The van der Waals surface area contributed by atoms with Crippen molar-refractivity contribution in [3.63, 3.8) is 0 Å². The third-order valence-corrected chi connectivity index (χ3v) is 2.97. The lowest BCUT2D eigenvalue weighted by Gasteiger charge is -2.04. The van der Waals surface area contributed by atoms with Gasteiger partial charge in [-0.15, -0.1) is 0 Å². The van der Waals surface area contributed by atoms with Gasteiger partial charge in [0.25, 0.3) is 0 Å². The van der Waals surface area contributed by atoms with Crippen LogP contribution in [-0.4, -0.2) is 17.6 Å². The van der Waals surface area contributed by atoms with Crippen LogP contribution in [0.15, 0.2) is 42.5 Å². The number of hydrogen-bond acceptors (Lipinski definition) is 4. The molecule has 0 aliphatic heterocycles. The predicted octanol–water partition coefficient (Wildman–Crippen LogP) is 3.15. The molecule has 0 atom stereocenters. The molecule has 0 fully saturated rings. The molecule has 0 saturated heterocycles. The average Bonchev–Trinajstić information content (AvgIpc) is 2.57. The normalized spacial score (nSPS) is 9.68. The van der Waals surface area contributed by atoms with Crippen molar-refractivity contribution in [3.8, 4) is 11.8 Å². The number of hydrogen-bond donors (Lipinski definition) is 1. The second kappa shape index (κ2) is 8.40. The number of nitrogens with one attached hydrogen (secondary N) is 1. The molecule has 0 aliphatic carbocycles. The maximum absolute atomic E-state index is 13.4. The van der Waals surface area contributed by atoms with Gasteiger partial charge in [-0.2, -0.15) is 8.78 Å². The van der Waals surface area contributed by atoms with Crippen LogP contribution in [0.5, 0.6) is 0 Å². The first-order valence-electron chi connectivity index (χ1n) is 7.04. The molecule has 25 heavy (non-hydrogen) atoms. The molecule has 0 saturated carbocycles. The first kappa shape index (κ1) is 17.9. The Balaban J connectivity index is 1.86. The number of nitro benzene ring substituents is 1. The van der Waals surface area contributed by atoms with Gasteiger partial charge in [-0.05, 0) is 17.7 Å². The van der Waals surface area contributed by atoms with Crippen LogP contribution in [-0.2, 0) is 11.3 Å². The Kier molecular flexibility index (Phi) is 6.01. The van der Waals surface area contributed by atoms with E-state index in [0.29, 0.717) is 0 Å². The Morgan fingerprint density at radius 3 is 2.44 bits per heavy atom. The summed E-state index contributed by atoms with van der Waals surface area (Å²) in [5.74, 6) is 2.24. The van der Waals surface area contributed by atoms with Crippen molar-refractivity contribution in [2.75, 3.05) is 6.54 Å². The molecule has 0 radical (unpaired) electrons. The summed E-state index contributed by atoms with van der Waals surface area (Å²) in [5, 5.41) is 12.8. The van der Waals surface area contributed by atoms with Crippen LogP contribution in [0.1, 0.15) is 11.1 Å². The van der Waals surface area contributed by atoms with Crippen molar-refractivity contribution >= 4 is 11.8 Å². The van der Waals surface area contributed by atoms with Crippen LogP contribution in [0.3, 0.4) is 0 Å². The zero-order valence-electron chi connectivity index (χ0n) is 12.8. The minimum Gasteiger partial charge on any atom is -0.445 e. The molecule has 0 aromatic heterocycles. The number of halogens is 2. The lowest BCUT2D eigenvalue weighted by molar-refractivity contribution is -0.390. The zero-order valence-corrected chi connectivity index (χ0v) is 12.8. The lowest BCUT2D eigenvalue weighted by atomic mass is 10.2. The van der Waals surface area contributed by atoms with E-state index in [9.17, 15) is 23.7 Å². The van der Waals surface area contributed by atoms with E-state index in [0.717, 1.165) is 17.7 Å². The molecule has 0 bridgehead atoms. The van der Waals surface area contributed by atoms with Crippen molar-refractivity contribution < 1.29 is 23.2 Å². The van der Waals surface area contributed by atoms with E-state index in [1.165, 1.54) is 0 Å². The highest BCUT2D eigenvalue weighted by atomic mass is 19.1. The summed E-state index contributed by atoms with van der Waals surface area (Å²) in [6, 6.07) is 10.6. The van der Waals surface area contributed by atoms with Gasteiger partial charge in [0.05, 0.1) is 11.5 Å². The van der Waals surface area contributed by atoms with Crippen LogP contribution in [0.25, 0.3) is 0 Å². The van der Waals surface area contributed by atoms with Gasteiger partial charge in [0, 0.05) is 5.56 Å². The fourth-order valence-electron chi connectivity index (χ4n) is 1.85. The van der Waals surface area contributed by atoms with E-state index in [2.05, 4.69) is 17.2 Å². The Labute approximate surface area is 141 Å². The summed E-state index contributed by atoms with van der Waals surface area (Å²) in [5.41, 5.74) is -0.492. The van der Waals surface area contributed by atoms with Gasteiger partial charge in [-0.3, -0.25) is 10.1 Å². The molecule has 1 N–H and O–H groups in total. The third kappa shape index (κ3) is 5.28. The van der Waals surface area contributed by atoms with E-state index < -0.39 is 28.3 Å². The van der Waals surface area contributed by atoms with Crippen molar-refractivity contribution in [1.82, 2.24) is 5.32 Å². The summed E-state index contributed by atoms with van der Waals surface area (Å²) in [6.07, 6.45) is -0.695. The molecular formula is C17H12F2N2O4. The van der Waals surface area contributed by atoms with E-state index >= 15 is 0 Å². The van der Waals surface area contributed by atoms with Crippen molar-refractivity contribution in [2.24, 2.45) is 0 Å². The maximum atomic E-state index is 13.4. The molecule has 6 nitrogen and oxygen atoms in total. The Bertz CT molecular complexity index is 822. The van der Waals surface area contributed by atoms with E-state index in [-0.39, 0.29) is 18.7 Å². The first-order valence-corrected chi connectivity index (χ1v) is 7.04. The van der Waals surface area contributed by atoms with Crippen LogP contribution >= 0.6 is 0 Å². The molecule has 0 spiro atoms. The minimum absolute atomic E-state index is 0.0833.